The Balaban J connectivity index is 1.61. The van der Waals surface area contributed by atoms with Gasteiger partial charge in [0.05, 0.1) is 10.8 Å². The first-order chi connectivity index (χ1) is 12.4. The van der Waals surface area contributed by atoms with Gasteiger partial charge in [-0.2, -0.15) is 5.10 Å². The first kappa shape index (κ1) is 17.9. The molecule has 2 aromatic heterocycles. The molecule has 0 radical (unpaired) electrons. The molecule has 0 unspecified atom stereocenters. The second-order valence-electron chi connectivity index (χ2n) is 5.84. The molecule has 3 aromatic rings. The van der Waals surface area contributed by atoms with Gasteiger partial charge < -0.3 is 9.30 Å². The molecular formula is C16H18N6O3S. The molecule has 0 N–H and O–H groups in total. The van der Waals surface area contributed by atoms with Gasteiger partial charge in [-0.25, -0.2) is 0 Å². The largest absolute Gasteiger partial charge is 0.486 e. The highest BCUT2D eigenvalue weighted by Crippen LogP contribution is 2.21. The van der Waals surface area contributed by atoms with Crippen molar-refractivity contribution in [2.24, 2.45) is 7.05 Å². The van der Waals surface area contributed by atoms with Gasteiger partial charge in [-0.15, -0.1) is 10.2 Å². The van der Waals surface area contributed by atoms with Crippen LogP contribution in [0, 0.1) is 24.0 Å². The minimum atomic E-state index is -0.473. The molecule has 10 heteroatoms. The van der Waals surface area contributed by atoms with Crippen LogP contribution in [0.3, 0.4) is 0 Å². The van der Waals surface area contributed by atoms with E-state index in [1.54, 1.807) is 0 Å². The van der Waals surface area contributed by atoms with E-state index in [0.717, 1.165) is 16.9 Å². The third kappa shape index (κ3) is 4.20. The topological polar surface area (TPSA) is 101 Å². The summed E-state index contributed by atoms with van der Waals surface area (Å²) in [5.74, 6) is 1.89. The van der Waals surface area contributed by atoms with E-state index in [9.17, 15) is 10.1 Å². The van der Waals surface area contributed by atoms with Crippen molar-refractivity contribution in [3.05, 3.63) is 57.7 Å². The van der Waals surface area contributed by atoms with Crippen LogP contribution in [0.2, 0.25) is 0 Å². The van der Waals surface area contributed by atoms with E-state index in [-0.39, 0.29) is 5.69 Å². The number of aromatic nitrogens is 5. The quantitative estimate of drug-likeness (QED) is 0.356. The number of benzene rings is 1. The van der Waals surface area contributed by atoms with E-state index in [0.29, 0.717) is 23.5 Å². The van der Waals surface area contributed by atoms with E-state index < -0.39 is 4.92 Å². The molecule has 0 spiro atoms. The minimum Gasteiger partial charge on any atom is -0.486 e. The molecule has 2 heterocycles. The van der Waals surface area contributed by atoms with Gasteiger partial charge in [0.2, 0.25) is 0 Å². The van der Waals surface area contributed by atoms with Gasteiger partial charge in [-0.05, 0) is 37.1 Å². The zero-order valence-electron chi connectivity index (χ0n) is 14.6. The van der Waals surface area contributed by atoms with Gasteiger partial charge in [0, 0.05) is 7.05 Å². The van der Waals surface area contributed by atoms with E-state index in [4.69, 9.17) is 4.74 Å². The number of thioether (sulfide) groups is 1. The fraction of sp³-hybridized carbons (Fsp3) is 0.312. The molecule has 0 aliphatic heterocycles. The predicted octanol–water partition coefficient (Wildman–Crippen LogP) is 2.87. The fourth-order valence-electron chi connectivity index (χ4n) is 2.40. The van der Waals surface area contributed by atoms with E-state index in [1.807, 2.05) is 37.6 Å². The average Bonchev–Trinajstić information content (AvgIpc) is 3.17. The van der Waals surface area contributed by atoms with Crippen LogP contribution >= 0.6 is 11.8 Å². The van der Waals surface area contributed by atoms with Crippen molar-refractivity contribution in [1.29, 1.82) is 0 Å². The van der Waals surface area contributed by atoms with Gasteiger partial charge in [0.1, 0.15) is 24.8 Å². The monoisotopic (exact) mass is 374 g/mol. The van der Waals surface area contributed by atoms with Crippen molar-refractivity contribution in [2.45, 2.75) is 31.5 Å². The van der Waals surface area contributed by atoms with Crippen LogP contribution in [-0.4, -0.2) is 29.5 Å². The molecule has 0 saturated heterocycles. The number of nitro groups is 1. The van der Waals surface area contributed by atoms with Gasteiger partial charge in [-0.1, -0.05) is 17.8 Å². The Morgan fingerprint density at radius 3 is 2.62 bits per heavy atom. The molecule has 9 nitrogen and oxygen atoms in total. The summed E-state index contributed by atoms with van der Waals surface area (Å²) < 4.78 is 9.14. The van der Waals surface area contributed by atoms with Gasteiger partial charge in [-0.3, -0.25) is 14.8 Å². The molecule has 136 valence electrons. The highest BCUT2D eigenvalue weighted by molar-refractivity contribution is 7.98. The molecule has 3 rings (SSSR count). The van der Waals surface area contributed by atoms with Crippen LogP contribution in [0.15, 0.2) is 35.7 Å². The molecule has 0 bridgehead atoms. The third-order valence-corrected chi connectivity index (χ3v) is 4.65. The fourth-order valence-corrected chi connectivity index (χ4v) is 3.19. The lowest BCUT2D eigenvalue weighted by atomic mass is 10.1. The molecule has 0 aliphatic carbocycles. The number of hydrogen-bond acceptors (Lipinski definition) is 7. The van der Waals surface area contributed by atoms with Crippen molar-refractivity contribution in [2.75, 3.05) is 0 Å². The molecule has 0 fully saturated rings. The summed E-state index contributed by atoms with van der Waals surface area (Å²) in [6, 6.07) is 6.04. The van der Waals surface area contributed by atoms with Gasteiger partial charge >= 0.3 is 5.69 Å². The smallest absolute Gasteiger partial charge is 0.307 e. The SMILES string of the molecule is Cc1cc(C)cc(OCc2nnc(SCn3cc([N+](=O)[O-])cn3)n2C)c1. The molecule has 0 atom stereocenters. The Hall–Kier alpha value is -2.88. The zero-order chi connectivity index (χ0) is 18.7. The average molecular weight is 374 g/mol. The van der Waals surface area contributed by atoms with E-state index in [1.165, 1.54) is 28.8 Å². The maximum Gasteiger partial charge on any atom is 0.307 e. The maximum absolute atomic E-state index is 10.7. The summed E-state index contributed by atoms with van der Waals surface area (Å²) in [5, 5.41) is 23.6. The summed E-state index contributed by atoms with van der Waals surface area (Å²) in [6.07, 6.45) is 2.60. The molecular weight excluding hydrogens is 356 g/mol. The number of aryl methyl sites for hydroxylation is 2. The van der Waals surface area contributed by atoms with E-state index in [2.05, 4.69) is 21.4 Å². The summed E-state index contributed by atoms with van der Waals surface area (Å²) >= 11 is 1.38. The second kappa shape index (κ2) is 7.56. The molecule has 26 heavy (non-hydrogen) atoms. The molecule has 0 amide bonds. The second-order valence-corrected chi connectivity index (χ2v) is 6.75. The van der Waals surface area contributed by atoms with Crippen molar-refractivity contribution >= 4 is 17.4 Å². The van der Waals surface area contributed by atoms with Crippen LogP contribution in [0.1, 0.15) is 17.0 Å². The van der Waals surface area contributed by atoms with Crippen molar-refractivity contribution in [3.8, 4) is 5.75 Å². The first-order valence-electron chi connectivity index (χ1n) is 7.81. The Bertz CT molecular complexity index is 916. The lowest BCUT2D eigenvalue weighted by Gasteiger charge is -2.08. The standard InChI is InChI=1S/C16H18N6O3S/c1-11-4-12(2)6-14(5-11)25-9-15-18-19-16(20(15)3)26-10-21-8-13(7-17-21)22(23)24/h4-8H,9-10H2,1-3H3. The number of ether oxygens (including phenoxy) is 1. The van der Waals surface area contributed by atoms with E-state index >= 15 is 0 Å². The van der Waals surface area contributed by atoms with Gasteiger partial charge in [0.15, 0.2) is 11.0 Å². The normalized spacial score (nSPS) is 10.9. The van der Waals surface area contributed by atoms with Gasteiger partial charge in [0.25, 0.3) is 0 Å². The summed E-state index contributed by atoms with van der Waals surface area (Å²) in [6.45, 7) is 4.35. The lowest BCUT2D eigenvalue weighted by Crippen LogP contribution is -2.05. The van der Waals surface area contributed by atoms with Crippen LogP contribution in [-0.2, 0) is 19.5 Å². The van der Waals surface area contributed by atoms with Crippen molar-refractivity contribution < 1.29 is 9.66 Å². The Kier molecular flexibility index (Phi) is 5.21. The Labute approximate surface area is 154 Å². The highest BCUT2D eigenvalue weighted by Gasteiger charge is 2.12. The predicted molar refractivity (Wildman–Crippen MR) is 96.0 cm³/mol. The maximum atomic E-state index is 10.7. The molecule has 1 aromatic carbocycles. The Morgan fingerprint density at radius 2 is 1.96 bits per heavy atom. The van der Waals surface area contributed by atoms with Crippen LogP contribution < -0.4 is 4.74 Å². The van der Waals surface area contributed by atoms with Crippen LogP contribution in [0.4, 0.5) is 5.69 Å². The molecule has 0 saturated carbocycles. The highest BCUT2D eigenvalue weighted by atomic mass is 32.2. The van der Waals surface area contributed by atoms with Crippen LogP contribution in [0.5, 0.6) is 5.75 Å². The third-order valence-electron chi connectivity index (χ3n) is 3.64. The first-order valence-corrected chi connectivity index (χ1v) is 8.80. The van der Waals surface area contributed by atoms with Crippen LogP contribution in [0.25, 0.3) is 0 Å². The number of nitrogens with zero attached hydrogens (tertiary/aromatic N) is 6. The molecule has 0 aliphatic rings. The number of rotatable bonds is 7. The summed E-state index contributed by atoms with van der Waals surface area (Å²) in [4.78, 5) is 10.2. The Morgan fingerprint density at radius 1 is 1.23 bits per heavy atom. The lowest BCUT2D eigenvalue weighted by molar-refractivity contribution is -0.385. The zero-order valence-corrected chi connectivity index (χ0v) is 15.4. The number of hydrogen-bond donors (Lipinski definition) is 0. The summed E-state index contributed by atoms with van der Waals surface area (Å²) in [7, 11) is 1.86. The van der Waals surface area contributed by atoms with Crippen molar-refractivity contribution in [1.82, 2.24) is 24.5 Å². The van der Waals surface area contributed by atoms with Crippen molar-refractivity contribution in [3.63, 3.8) is 0 Å². The minimum absolute atomic E-state index is 0.0360. The summed E-state index contributed by atoms with van der Waals surface area (Å²) in [5.41, 5.74) is 2.25.